The lowest BCUT2D eigenvalue weighted by Gasteiger charge is -2.32. The number of hydrogen-bond acceptors (Lipinski definition) is 4. The summed E-state index contributed by atoms with van der Waals surface area (Å²) in [4.78, 5) is 29.2. The third-order valence-corrected chi connectivity index (χ3v) is 5.70. The first-order valence-corrected chi connectivity index (χ1v) is 9.63. The summed E-state index contributed by atoms with van der Waals surface area (Å²) >= 11 is 0. The number of nitrogens with one attached hydrogen (secondary N) is 1. The van der Waals surface area contributed by atoms with Crippen molar-refractivity contribution < 1.29 is 9.59 Å². The van der Waals surface area contributed by atoms with Gasteiger partial charge in [0.2, 0.25) is 11.8 Å². The highest BCUT2D eigenvalue weighted by Gasteiger charge is 2.31. The predicted octanol–water partition coefficient (Wildman–Crippen LogP) is 1.32. The second-order valence-corrected chi connectivity index (χ2v) is 7.58. The fourth-order valence-electron chi connectivity index (χ4n) is 4.00. The van der Waals surface area contributed by atoms with Crippen molar-refractivity contribution in [3.63, 3.8) is 0 Å². The molecule has 2 atom stereocenters. The van der Waals surface area contributed by atoms with Crippen molar-refractivity contribution in [1.82, 2.24) is 9.80 Å². The van der Waals surface area contributed by atoms with Crippen molar-refractivity contribution in [3.8, 4) is 0 Å². The number of hydrogen-bond donors (Lipinski definition) is 2. The van der Waals surface area contributed by atoms with Gasteiger partial charge in [-0.2, -0.15) is 0 Å². The minimum Gasteiger partial charge on any atom is -0.340 e. The summed E-state index contributed by atoms with van der Waals surface area (Å²) in [5.41, 5.74) is 7.49. The normalized spacial score (nSPS) is 23.8. The maximum absolute atomic E-state index is 12.5. The average Bonchev–Trinajstić information content (AvgIpc) is 3.11. The number of carbonyl (C=O) groups excluding carboxylic acids is 2. The van der Waals surface area contributed by atoms with Crippen LogP contribution in [0.2, 0.25) is 0 Å². The molecule has 2 amide bonds. The molecule has 6 heteroatoms. The van der Waals surface area contributed by atoms with Crippen LogP contribution in [0.3, 0.4) is 0 Å². The number of anilines is 1. The van der Waals surface area contributed by atoms with Crippen molar-refractivity contribution in [3.05, 3.63) is 29.8 Å². The summed E-state index contributed by atoms with van der Waals surface area (Å²) in [5.74, 6) is 0.508. The van der Waals surface area contributed by atoms with Gasteiger partial charge in [0.05, 0.1) is 6.42 Å². The predicted molar refractivity (Wildman–Crippen MR) is 103 cm³/mol. The molecule has 3 rings (SSSR count). The van der Waals surface area contributed by atoms with Gasteiger partial charge in [-0.15, -0.1) is 0 Å². The van der Waals surface area contributed by atoms with Crippen molar-refractivity contribution in [2.75, 3.05) is 45.1 Å². The first-order valence-electron chi connectivity index (χ1n) is 9.63. The molecule has 1 heterocycles. The molecule has 1 saturated heterocycles. The molecule has 6 nitrogen and oxygen atoms in total. The molecule has 2 fully saturated rings. The maximum atomic E-state index is 12.5. The van der Waals surface area contributed by atoms with E-state index in [4.69, 9.17) is 5.73 Å². The second kappa shape index (κ2) is 8.64. The van der Waals surface area contributed by atoms with E-state index in [-0.39, 0.29) is 23.7 Å². The number of nitrogens with two attached hydrogens (primary N) is 1. The molecule has 0 radical (unpaired) electrons. The largest absolute Gasteiger partial charge is 0.340 e. The third kappa shape index (κ3) is 4.62. The van der Waals surface area contributed by atoms with Gasteiger partial charge < -0.3 is 20.9 Å². The van der Waals surface area contributed by atoms with Crippen molar-refractivity contribution >= 4 is 17.5 Å². The molecule has 1 aliphatic carbocycles. The molecule has 1 aromatic carbocycles. The Morgan fingerprint density at radius 3 is 2.69 bits per heavy atom. The van der Waals surface area contributed by atoms with Crippen molar-refractivity contribution in [2.24, 2.45) is 17.6 Å². The molecular weight excluding hydrogens is 328 g/mol. The third-order valence-electron chi connectivity index (χ3n) is 5.70. The fraction of sp³-hybridized carbons (Fsp3) is 0.600. The molecule has 0 spiro atoms. The summed E-state index contributed by atoms with van der Waals surface area (Å²) in [6.07, 6.45) is 3.39. The van der Waals surface area contributed by atoms with Gasteiger partial charge in [-0.25, -0.2) is 0 Å². The molecule has 142 valence electrons. The zero-order valence-corrected chi connectivity index (χ0v) is 15.6. The summed E-state index contributed by atoms with van der Waals surface area (Å²) in [7, 11) is 2.08. The number of carbonyl (C=O) groups is 2. The van der Waals surface area contributed by atoms with Crippen LogP contribution < -0.4 is 11.1 Å². The molecule has 26 heavy (non-hydrogen) atoms. The summed E-state index contributed by atoms with van der Waals surface area (Å²) in [6, 6.07) is 7.64. The Kier molecular flexibility index (Phi) is 6.27. The molecule has 3 N–H and O–H groups in total. The second-order valence-electron chi connectivity index (χ2n) is 7.58. The van der Waals surface area contributed by atoms with Crippen LogP contribution in [-0.2, 0) is 16.0 Å². The standard InChI is InChI=1S/C20H30N4O2/c1-23-8-10-24(11-9-23)19(25)13-15-4-2-6-17(12-15)22-20(26)18-7-3-5-16(18)14-21/h2,4,6,12,16,18H,3,5,7-11,13-14,21H2,1H3,(H,22,26)/t16-,18-/m1/s1. The van der Waals surface area contributed by atoms with Crippen LogP contribution in [0.25, 0.3) is 0 Å². The minimum absolute atomic E-state index is 0.00984. The lowest BCUT2D eigenvalue weighted by Crippen LogP contribution is -2.47. The Morgan fingerprint density at radius 2 is 1.96 bits per heavy atom. The van der Waals surface area contributed by atoms with E-state index in [1.807, 2.05) is 29.2 Å². The number of benzene rings is 1. The van der Waals surface area contributed by atoms with E-state index in [1.54, 1.807) is 0 Å². The lowest BCUT2D eigenvalue weighted by molar-refractivity contribution is -0.132. The Morgan fingerprint density at radius 1 is 1.19 bits per heavy atom. The van der Waals surface area contributed by atoms with Crippen LogP contribution in [0.1, 0.15) is 24.8 Å². The number of amides is 2. The van der Waals surface area contributed by atoms with Gasteiger partial charge in [0, 0.05) is 37.8 Å². The van der Waals surface area contributed by atoms with E-state index >= 15 is 0 Å². The number of rotatable bonds is 5. The molecule has 1 aliphatic heterocycles. The van der Waals surface area contributed by atoms with Crippen LogP contribution in [0.4, 0.5) is 5.69 Å². The Labute approximate surface area is 155 Å². The number of nitrogens with zero attached hydrogens (tertiary/aromatic N) is 2. The Bertz CT molecular complexity index is 640. The molecule has 0 bridgehead atoms. The molecular formula is C20H30N4O2. The zero-order chi connectivity index (χ0) is 18.5. The Balaban J connectivity index is 1.57. The first kappa shape index (κ1) is 18.9. The summed E-state index contributed by atoms with van der Waals surface area (Å²) in [5, 5.41) is 3.02. The highest BCUT2D eigenvalue weighted by molar-refractivity contribution is 5.93. The van der Waals surface area contributed by atoms with Gasteiger partial charge in [0.1, 0.15) is 0 Å². The van der Waals surface area contributed by atoms with E-state index in [9.17, 15) is 9.59 Å². The van der Waals surface area contributed by atoms with Crippen LogP contribution in [-0.4, -0.2) is 61.4 Å². The van der Waals surface area contributed by atoms with E-state index in [1.165, 1.54) is 0 Å². The van der Waals surface area contributed by atoms with Crippen LogP contribution in [0.5, 0.6) is 0 Å². The van der Waals surface area contributed by atoms with Gasteiger partial charge in [0.25, 0.3) is 0 Å². The van der Waals surface area contributed by atoms with Crippen molar-refractivity contribution in [1.29, 1.82) is 0 Å². The SMILES string of the molecule is CN1CCN(C(=O)Cc2cccc(NC(=O)[C@@H]3CCC[C@@H]3CN)c2)CC1. The average molecular weight is 358 g/mol. The van der Waals surface area contributed by atoms with Crippen molar-refractivity contribution in [2.45, 2.75) is 25.7 Å². The quantitative estimate of drug-likeness (QED) is 0.832. The van der Waals surface area contributed by atoms with Crippen LogP contribution in [0, 0.1) is 11.8 Å². The fourth-order valence-corrected chi connectivity index (χ4v) is 4.00. The molecule has 1 aromatic rings. The monoisotopic (exact) mass is 358 g/mol. The summed E-state index contributed by atoms with van der Waals surface area (Å²) in [6.45, 7) is 3.98. The van der Waals surface area contributed by atoms with E-state index in [2.05, 4.69) is 17.3 Å². The van der Waals surface area contributed by atoms with Crippen LogP contribution >= 0.6 is 0 Å². The Hall–Kier alpha value is -1.92. The van der Waals surface area contributed by atoms with E-state index in [0.29, 0.717) is 13.0 Å². The minimum atomic E-state index is 0.00984. The van der Waals surface area contributed by atoms with Gasteiger partial charge in [-0.1, -0.05) is 18.6 Å². The zero-order valence-electron chi connectivity index (χ0n) is 15.6. The topological polar surface area (TPSA) is 78.7 Å². The molecule has 1 saturated carbocycles. The van der Waals surface area contributed by atoms with Gasteiger partial charge in [-0.3, -0.25) is 9.59 Å². The van der Waals surface area contributed by atoms with E-state index in [0.717, 1.165) is 56.7 Å². The van der Waals surface area contributed by atoms with Gasteiger partial charge >= 0.3 is 0 Å². The molecule has 2 aliphatic rings. The number of piperazine rings is 1. The highest BCUT2D eigenvalue weighted by atomic mass is 16.2. The van der Waals surface area contributed by atoms with E-state index < -0.39 is 0 Å². The van der Waals surface area contributed by atoms with Crippen LogP contribution in [0.15, 0.2) is 24.3 Å². The molecule has 0 aromatic heterocycles. The number of likely N-dealkylation sites (N-methyl/N-ethyl adjacent to an activating group) is 1. The summed E-state index contributed by atoms with van der Waals surface area (Å²) < 4.78 is 0. The molecule has 0 unspecified atom stereocenters. The highest BCUT2D eigenvalue weighted by Crippen LogP contribution is 2.31. The lowest BCUT2D eigenvalue weighted by atomic mass is 9.95. The maximum Gasteiger partial charge on any atom is 0.227 e. The first-order chi connectivity index (χ1) is 12.6. The van der Waals surface area contributed by atoms with Gasteiger partial charge in [-0.05, 0) is 50.0 Å². The van der Waals surface area contributed by atoms with Gasteiger partial charge in [0.15, 0.2) is 0 Å². The smallest absolute Gasteiger partial charge is 0.227 e.